The molecule has 7 heteroatoms. The molecule has 0 aromatic heterocycles. The molecule has 0 atom stereocenters. The van der Waals surface area contributed by atoms with Crippen LogP contribution in [0.15, 0.2) is 62.9 Å². The van der Waals surface area contributed by atoms with E-state index in [9.17, 15) is 9.59 Å². The Morgan fingerprint density at radius 1 is 1.24 bits per heavy atom. The summed E-state index contributed by atoms with van der Waals surface area (Å²) < 4.78 is 0.935. The number of likely N-dealkylation sites (N-methyl/N-ethyl adjacent to an activating group) is 1. The number of rotatable bonds is 3. The number of carbonyl (C=O) groups is 2. The molecule has 0 bridgehead atoms. The molecule has 1 heterocycles. The van der Waals surface area contributed by atoms with Crippen LogP contribution < -0.4 is 0 Å². The Bertz CT molecular complexity index is 924. The molecule has 1 N–H and O–H groups in total. The van der Waals surface area contributed by atoms with Crippen LogP contribution >= 0.6 is 27.7 Å². The number of thioether (sulfide) groups is 1. The number of benzene rings is 2. The number of carbonyl (C=O) groups excluding carboxylic acids is 1. The Hall–Kier alpha value is -2.38. The molecule has 1 aliphatic heterocycles. The Morgan fingerprint density at radius 2 is 2.00 bits per heavy atom. The average molecular weight is 417 g/mol. The minimum atomic E-state index is -1.01. The summed E-state index contributed by atoms with van der Waals surface area (Å²) in [5, 5.41) is 9.57. The molecule has 0 aliphatic carbocycles. The smallest absolute Gasteiger partial charge is 0.335 e. The van der Waals surface area contributed by atoms with Gasteiger partial charge in [-0.25, -0.2) is 9.79 Å². The first-order chi connectivity index (χ1) is 11.9. The third-order valence-electron chi connectivity index (χ3n) is 3.47. The predicted molar refractivity (Wildman–Crippen MR) is 103 cm³/mol. The molecule has 0 spiro atoms. The van der Waals surface area contributed by atoms with Gasteiger partial charge >= 0.3 is 5.97 Å². The Balaban J connectivity index is 1.91. The number of aliphatic imine (C=N–C) groups is 1. The number of halogens is 1. The molecule has 1 fully saturated rings. The van der Waals surface area contributed by atoms with Crippen molar-refractivity contribution in [3.8, 4) is 0 Å². The molecule has 2 aromatic rings. The zero-order valence-electron chi connectivity index (χ0n) is 13.1. The van der Waals surface area contributed by atoms with Gasteiger partial charge < -0.3 is 5.11 Å². The van der Waals surface area contributed by atoms with Gasteiger partial charge in [0.25, 0.3) is 5.91 Å². The van der Waals surface area contributed by atoms with Gasteiger partial charge in [0.2, 0.25) is 0 Å². The summed E-state index contributed by atoms with van der Waals surface area (Å²) in [7, 11) is 1.65. The van der Waals surface area contributed by atoms with E-state index in [1.54, 1.807) is 19.2 Å². The van der Waals surface area contributed by atoms with Crippen molar-refractivity contribution >= 4 is 56.5 Å². The van der Waals surface area contributed by atoms with E-state index in [-0.39, 0.29) is 11.5 Å². The molecule has 1 saturated heterocycles. The summed E-state index contributed by atoms with van der Waals surface area (Å²) in [6, 6.07) is 14.0. The van der Waals surface area contributed by atoms with Crippen LogP contribution in [0.5, 0.6) is 0 Å². The SMILES string of the molecule is CN1C(=O)/C(=C\c2cccc(Br)c2)SC1=Nc1cccc(C(=O)O)c1. The third-order valence-corrected chi connectivity index (χ3v) is 5.02. The maximum Gasteiger partial charge on any atom is 0.335 e. The first kappa shape index (κ1) is 17.4. The van der Waals surface area contributed by atoms with Crippen LogP contribution in [0.2, 0.25) is 0 Å². The van der Waals surface area contributed by atoms with Crippen LogP contribution in [0, 0.1) is 0 Å². The minimum Gasteiger partial charge on any atom is -0.478 e. The number of carboxylic acids is 1. The predicted octanol–water partition coefficient (Wildman–Crippen LogP) is 4.38. The van der Waals surface area contributed by atoms with E-state index in [0.29, 0.717) is 15.8 Å². The first-order valence-electron chi connectivity index (χ1n) is 7.29. The lowest BCUT2D eigenvalue weighted by Gasteiger charge is -2.07. The summed E-state index contributed by atoms with van der Waals surface area (Å²) in [6.45, 7) is 0. The van der Waals surface area contributed by atoms with Crippen molar-refractivity contribution in [2.75, 3.05) is 7.05 Å². The highest BCUT2D eigenvalue weighted by Gasteiger charge is 2.30. The summed E-state index contributed by atoms with van der Waals surface area (Å²) >= 11 is 4.67. The van der Waals surface area contributed by atoms with E-state index < -0.39 is 5.97 Å². The number of amidine groups is 1. The summed E-state index contributed by atoms with van der Waals surface area (Å²) in [5.41, 5.74) is 1.56. The standard InChI is InChI=1S/C18H13BrN2O3S/c1-21-16(22)15(9-11-4-2-6-13(19)8-11)25-18(21)20-14-7-3-5-12(10-14)17(23)24/h2-10H,1H3,(H,23,24)/b15-9+,20-18?. The van der Waals surface area contributed by atoms with Crippen molar-refractivity contribution in [1.82, 2.24) is 4.90 Å². The van der Waals surface area contributed by atoms with Crippen LogP contribution in [-0.2, 0) is 4.79 Å². The molecule has 1 aliphatic rings. The number of carboxylic acid groups (broad SMARTS) is 1. The second-order valence-corrected chi connectivity index (χ2v) is 7.20. The highest BCUT2D eigenvalue weighted by molar-refractivity contribution is 9.10. The van der Waals surface area contributed by atoms with Gasteiger partial charge in [0.1, 0.15) is 0 Å². The van der Waals surface area contributed by atoms with E-state index in [2.05, 4.69) is 20.9 Å². The molecular weight excluding hydrogens is 404 g/mol. The monoisotopic (exact) mass is 416 g/mol. The van der Waals surface area contributed by atoms with E-state index in [0.717, 1.165) is 10.0 Å². The van der Waals surface area contributed by atoms with Crippen molar-refractivity contribution < 1.29 is 14.7 Å². The molecule has 126 valence electrons. The first-order valence-corrected chi connectivity index (χ1v) is 8.90. The summed E-state index contributed by atoms with van der Waals surface area (Å²) in [4.78, 5) is 29.9. The lowest BCUT2D eigenvalue weighted by molar-refractivity contribution is -0.121. The molecule has 2 aromatic carbocycles. The van der Waals surface area contributed by atoms with Crippen LogP contribution in [0.25, 0.3) is 6.08 Å². The fraction of sp³-hybridized carbons (Fsp3) is 0.0556. The maximum absolute atomic E-state index is 12.4. The highest BCUT2D eigenvalue weighted by atomic mass is 79.9. The third kappa shape index (κ3) is 4.00. The molecule has 1 amide bonds. The minimum absolute atomic E-state index is 0.141. The largest absolute Gasteiger partial charge is 0.478 e. The zero-order chi connectivity index (χ0) is 18.0. The number of aromatic carboxylic acids is 1. The van der Waals surface area contributed by atoms with Gasteiger partial charge in [-0.05, 0) is 53.7 Å². The quantitative estimate of drug-likeness (QED) is 0.753. The van der Waals surface area contributed by atoms with Gasteiger partial charge in [-0.3, -0.25) is 9.69 Å². The van der Waals surface area contributed by atoms with Gasteiger partial charge in [-0.15, -0.1) is 0 Å². The van der Waals surface area contributed by atoms with E-state index in [1.165, 1.54) is 28.8 Å². The topological polar surface area (TPSA) is 70.0 Å². The lowest BCUT2D eigenvalue weighted by atomic mass is 10.2. The van der Waals surface area contributed by atoms with E-state index in [4.69, 9.17) is 5.11 Å². The molecule has 0 radical (unpaired) electrons. The number of nitrogens with zero attached hydrogens (tertiary/aromatic N) is 2. The molecule has 3 rings (SSSR count). The van der Waals surface area contributed by atoms with Crippen molar-refractivity contribution in [3.05, 3.63) is 69.0 Å². The van der Waals surface area contributed by atoms with Gasteiger partial charge in [0.05, 0.1) is 16.2 Å². The van der Waals surface area contributed by atoms with Crippen molar-refractivity contribution in [3.63, 3.8) is 0 Å². The van der Waals surface area contributed by atoms with Gasteiger partial charge in [-0.1, -0.05) is 34.1 Å². The zero-order valence-corrected chi connectivity index (χ0v) is 15.5. The fourth-order valence-electron chi connectivity index (χ4n) is 2.22. The summed E-state index contributed by atoms with van der Waals surface area (Å²) in [6.07, 6.45) is 1.81. The van der Waals surface area contributed by atoms with Gasteiger partial charge in [0, 0.05) is 11.5 Å². The second-order valence-electron chi connectivity index (χ2n) is 5.28. The molecular formula is C18H13BrN2O3S. The van der Waals surface area contributed by atoms with Crippen LogP contribution in [0.3, 0.4) is 0 Å². The van der Waals surface area contributed by atoms with E-state index in [1.807, 2.05) is 30.3 Å². The lowest BCUT2D eigenvalue weighted by Crippen LogP contribution is -2.23. The van der Waals surface area contributed by atoms with Crippen molar-refractivity contribution in [2.45, 2.75) is 0 Å². The van der Waals surface area contributed by atoms with Crippen LogP contribution in [-0.4, -0.2) is 34.1 Å². The normalized spacial score (nSPS) is 17.5. The molecule has 25 heavy (non-hydrogen) atoms. The number of hydrogen-bond acceptors (Lipinski definition) is 4. The maximum atomic E-state index is 12.4. The van der Waals surface area contributed by atoms with Crippen molar-refractivity contribution in [2.24, 2.45) is 4.99 Å². The Kier molecular flexibility index (Phi) is 5.06. The van der Waals surface area contributed by atoms with E-state index >= 15 is 0 Å². The molecule has 0 saturated carbocycles. The summed E-state index contributed by atoms with van der Waals surface area (Å²) in [5.74, 6) is -1.15. The average Bonchev–Trinajstić information content (AvgIpc) is 2.83. The van der Waals surface area contributed by atoms with Crippen LogP contribution in [0.4, 0.5) is 5.69 Å². The molecule has 5 nitrogen and oxygen atoms in total. The highest BCUT2D eigenvalue weighted by Crippen LogP contribution is 2.33. The Morgan fingerprint density at radius 3 is 2.72 bits per heavy atom. The van der Waals surface area contributed by atoms with Crippen LogP contribution in [0.1, 0.15) is 15.9 Å². The number of amides is 1. The van der Waals surface area contributed by atoms with Gasteiger partial charge in [-0.2, -0.15) is 0 Å². The molecule has 0 unspecified atom stereocenters. The Labute approximate surface area is 157 Å². The number of hydrogen-bond donors (Lipinski definition) is 1. The van der Waals surface area contributed by atoms with Gasteiger partial charge in [0.15, 0.2) is 5.17 Å². The fourth-order valence-corrected chi connectivity index (χ4v) is 3.62. The second kappa shape index (κ2) is 7.25. The van der Waals surface area contributed by atoms with Crippen molar-refractivity contribution in [1.29, 1.82) is 0 Å².